The molecule has 0 rings (SSSR count). The fourth-order valence-electron chi connectivity index (χ4n) is 0. The van der Waals surface area contributed by atoms with E-state index >= 15 is 0 Å². The van der Waals surface area contributed by atoms with Crippen molar-refractivity contribution < 1.29 is 75.5 Å². The third-order valence-corrected chi connectivity index (χ3v) is 0. The molecular weight excluding hydrogens is 319 g/mol. The van der Waals surface area contributed by atoms with E-state index in [-0.39, 0.29) is 110 Å². The Kier molecular flexibility index (Phi) is 52.5. The molecule has 0 aromatic heterocycles. The number of hydrogen-bond donors (Lipinski definition) is 0. The zero-order valence-corrected chi connectivity index (χ0v) is 11.7. The third-order valence-electron chi connectivity index (χ3n) is 0. The summed E-state index contributed by atoms with van der Waals surface area (Å²) in [7, 11) is 0. The Morgan fingerprint density at radius 3 is 1.14 bits per heavy atom. The molecule has 34 valence electrons. The molecule has 0 aromatic rings. The molecule has 0 saturated carbocycles. The second-order valence-electron chi connectivity index (χ2n) is 0.247. The average Bonchev–Trinajstić information content (AvgIpc) is 0.811. The van der Waals surface area contributed by atoms with Gasteiger partial charge in [-0.2, -0.15) is 0 Å². The second-order valence-corrected chi connectivity index (χ2v) is 0.742. The maximum atomic E-state index is 9.81. The van der Waals surface area contributed by atoms with Crippen LogP contribution >= 0.6 is 0 Å². The predicted octanol–water partition coefficient (Wildman–Crippen LogP) is -2.16. The van der Waals surface area contributed by atoms with Gasteiger partial charge in [0.05, 0.1) is 0 Å². The van der Waals surface area contributed by atoms with Gasteiger partial charge in [-0.05, 0) is 0 Å². The second kappa shape index (κ2) is 16.4. The molecule has 0 radical (unpaired) electrons. The van der Waals surface area contributed by atoms with E-state index in [0.29, 0.717) is 0 Å². The number of halogens is 3. The van der Waals surface area contributed by atoms with Crippen LogP contribution < -0.4 is 18.9 Å². The first-order valence-corrected chi connectivity index (χ1v) is 1.96. The molecule has 7 heteroatoms. The summed E-state index contributed by atoms with van der Waals surface area (Å²) >= 11 is -4.64. The van der Waals surface area contributed by atoms with Gasteiger partial charge in [0.25, 0.3) is 0 Å². The molecule has 0 aliphatic heterocycles. The Morgan fingerprint density at radius 1 is 1.14 bits per heavy atom. The molecule has 0 amide bonds. The average molecular weight is 322 g/mol. The minimum Gasteiger partial charge on any atom is -1.00 e. The first-order valence-electron chi connectivity index (χ1n) is 0.655. The maximum absolute atomic E-state index is 9.81. The first-order chi connectivity index (χ1) is 1.73. The predicted molar refractivity (Wildman–Crippen MR) is 18.2 cm³/mol. The summed E-state index contributed by atoms with van der Waals surface area (Å²) in [4.78, 5) is 0. The number of hydrogen-bond acceptors (Lipinski definition) is 0. The molecule has 0 nitrogen and oxygen atoms in total. The topological polar surface area (TPSA) is 0 Å². The SMILES string of the molecule is [Ce].[F][Al]([F])[F].[H-].[H-].[H-].[Li+].[Sr+2]. The molecule has 0 unspecified atom stereocenters. The van der Waals surface area contributed by atoms with Crippen LogP contribution in [0.15, 0.2) is 0 Å². The van der Waals surface area contributed by atoms with Crippen molar-refractivity contribution in [3.05, 3.63) is 0 Å². The third kappa shape index (κ3) is 41.5. The number of rotatable bonds is 0. The van der Waals surface area contributed by atoms with Crippen molar-refractivity contribution >= 4 is 61.0 Å². The van der Waals surface area contributed by atoms with Gasteiger partial charge in [0.1, 0.15) is 0 Å². The molecule has 0 bridgehead atoms. The fraction of sp³-hybridized carbons (Fsp3) is 0. The minimum atomic E-state index is -4.64. The summed E-state index contributed by atoms with van der Waals surface area (Å²) in [6.07, 6.45) is 0. The van der Waals surface area contributed by atoms with E-state index in [1.165, 1.54) is 0 Å². The van der Waals surface area contributed by atoms with Crippen molar-refractivity contribution in [3.8, 4) is 0 Å². The first kappa shape index (κ1) is 22.4. The van der Waals surface area contributed by atoms with E-state index in [9.17, 15) is 10.6 Å². The monoisotopic (exact) mass is 322 g/mol. The van der Waals surface area contributed by atoms with E-state index in [0.717, 1.165) is 0 Å². The Balaban J connectivity index is -0.00000000300. The largest absolute Gasteiger partial charge is 2.00 e. The zero-order valence-electron chi connectivity index (χ0n) is 6.92. The van der Waals surface area contributed by atoms with E-state index in [1.54, 1.807) is 0 Å². The van der Waals surface area contributed by atoms with Crippen LogP contribution in [0.4, 0.5) is 10.6 Å². The van der Waals surface area contributed by atoms with Crippen molar-refractivity contribution in [1.29, 1.82) is 0 Å². The molecule has 0 heterocycles. The quantitative estimate of drug-likeness (QED) is 0.446. The molecular formula is H3AlCeF3LiSr. The van der Waals surface area contributed by atoms with E-state index < -0.39 is 15.5 Å². The summed E-state index contributed by atoms with van der Waals surface area (Å²) in [5.74, 6) is 0. The van der Waals surface area contributed by atoms with Gasteiger partial charge in [0, 0.05) is 41.7 Å². The van der Waals surface area contributed by atoms with E-state index in [2.05, 4.69) is 0 Å². The Hall–Kier alpha value is 3.78. The van der Waals surface area contributed by atoms with Crippen LogP contribution in [0.2, 0.25) is 0 Å². The van der Waals surface area contributed by atoms with Crippen LogP contribution in [0, 0.1) is 41.7 Å². The Labute approximate surface area is 133 Å². The van der Waals surface area contributed by atoms with Gasteiger partial charge in [-0.1, -0.05) is 0 Å². The van der Waals surface area contributed by atoms with Gasteiger partial charge in [-0.3, -0.25) is 0 Å². The summed E-state index contributed by atoms with van der Waals surface area (Å²) in [6, 6.07) is 0. The molecule has 0 fully saturated rings. The van der Waals surface area contributed by atoms with Crippen molar-refractivity contribution in [1.82, 2.24) is 0 Å². The van der Waals surface area contributed by atoms with Gasteiger partial charge < -0.3 is 14.9 Å². The van der Waals surface area contributed by atoms with Crippen LogP contribution in [0.1, 0.15) is 4.28 Å². The summed E-state index contributed by atoms with van der Waals surface area (Å²) < 4.78 is 29.4. The van der Waals surface area contributed by atoms with Crippen molar-refractivity contribution in [2.24, 2.45) is 0 Å². The fourth-order valence-corrected chi connectivity index (χ4v) is 0. The Bertz CT molecular complexity index is 28.5. The van der Waals surface area contributed by atoms with Crippen molar-refractivity contribution in [2.45, 2.75) is 0 Å². The van der Waals surface area contributed by atoms with Gasteiger partial charge in [0.2, 0.25) is 0 Å². The van der Waals surface area contributed by atoms with Crippen molar-refractivity contribution in [2.75, 3.05) is 0 Å². The van der Waals surface area contributed by atoms with Crippen LogP contribution in [0.5, 0.6) is 0 Å². The van der Waals surface area contributed by atoms with Crippen molar-refractivity contribution in [3.63, 3.8) is 0 Å². The summed E-state index contributed by atoms with van der Waals surface area (Å²) in [6.45, 7) is 0. The smallest absolute Gasteiger partial charge is 1.00 e. The van der Waals surface area contributed by atoms with Gasteiger partial charge in [-0.25, -0.2) is 0 Å². The Morgan fingerprint density at radius 2 is 1.14 bits per heavy atom. The molecule has 0 N–H and O–H groups in total. The van der Waals surface area contributed by atoms with E-state index in [1.807, 2.05) is 0 Å². The standard InChI is InChI=1S/Al.Ce.3FH.Li.Sr.3H/h;;3*1H;;;;;/q+3;;;;;+1;+2;3*-1/p-3. The van der Waals surface area contributed by atoms with Crippen LogP contribution in [0.25, 0.3) is 0 Å². The molecule has 0 saturated heterocycles. The van der Waals surface area contributed by atoms with Gasteiger partial charge in [0.15, 0.2) is 0 Å². The minimum absolute atomic E-state index is 0. The molecule has 0 aliphatic rings. The molecule has 0 aromatic carbocycles. The molecule has 0 spiro atoms. The maximum Gasteiger partial charge on any atom is 2.00 e. The molecule has 7 heavy (non-hydrogen) atoms. The zero-order chi connectivity index (χ0) is 3.58. The molecule has 0 aliphatic carbocycles. The van der Waals surface area contributed by atoms with Gasteiger partial charge in [-0.15, -0.1) is 0 Å². The summed E-state index contributed by atoms with van der Waals surface area (Å²) in [5.41, 5.74) is 0. The normalized spacial score (nSPS) is 3.86. The van der Waals surface area contributed by atoms with Crippen LogP contribution in [-0.4, -0.2) is 61.0 Å². The van der Waals surface area contributed by atoms with Crippen LogP contribution in [-0.2, 0) is 0 Å². The van der Waals surface area contributed by atoms with Crippen LogP contribution in [0.3, 0.4) is 0 Å². The van der Waals surface area contributed by atoms with Gasteiger partial charge >= 0.3 is 79.9 Å². The van der Waals surface area contributed by atoms with E-state index in [4.69, 9.17) is 0 Å². The summed E-state index contributed by atoms with van der Waals surface area (Å²) in [5, 5.41) is 0. The molecule has 0 atom stereocenters.